The number of hydrogen-bond donors (Lipinski definition) is 0. The molecular formula is C32H29NO5S. The van der Waals surface area contributed by atoms with Crippen LogP contribution in [0.3, 0.4) is 0 Å². The normalized spacial score (nSPS) is 14.3. The minimum absolute atomic E-state index is 0.101. The van der Waals surface area contributed by atoms with Crippen molar-refractivity contribution in [2.24, 2.45) is 0 Å². The van der Waals surface area contributed by atoms with E-state index in [1.807, 2.05) is 62.4 Å². The van der Waals surface area contributed by atoms with Crippen molar-refractivity contribution in [3.63, 3.8) is 0 Å². The van der Waals surface area contributed by atoms with Gasteiger partial charge in [-0.25, -0.2) is 13.2 Å². The van der Waals surface area contributed by atoms with Crippen LogP contribution in [0.1, 0.15) is 54.6 Å². The number of ether oxygens (including phenoxy) is 1. The van der Waals surface area contributed by atoms with Crippen LogP contribution in [0.5, 0.6) is 0 Å². The number of aryl methyl sites for hydroxylation is 2. The number of rotatable bonds is 7. The molecule has 0 unspecified atom stereocenters. The van der Waals surface area contributed by atoms with E-state index in [1.54, 1.807) is 24.3 Å². The molecule has 1 aliphatic heterocycles. The van der Waals surface area contributed by atoms with E-state index in [4.69, 9.17) is 4.74 Å². The van der Waals surface area contributed by atoms with Gasteiger partial charge >= 0.3 is 5.97 Å². The number of fused-ring (bicyclic) bond motifs is 1. The van der Waals surface area contributed by atoms with Crippen molar-refractivity contribution in [3.8, 4) is 0 Å². The minimum atomic E-state index is -3.74. The van der Waals surface area contributed by atoms with Gasteiger partial charge in [0.05, 0.1) is 10.5 Å². The Morgan fingerprint density at radius 2 is 1.31 bits per heavy atom. The molecule has 1 atom stereocenters. The summed E-state index contributed by atoms with van der Waals surface area (Å²) in [5, 5.41) is 0. The van der Waals surface area contributed by atoms with Crippen LogP contribution in [0.2, 0.25) is 0 Å². The van der Waals surface area contributed by atoms with Crippen molar-refractivity contribution in [3.05, 3.63) is 136 Å². The molecule has 0 aliphatic carbocycles. The summed E-state index contributed by atoms with van der Waals surface area (Å²) in [7, 11) is -3.74. The first-order valence-electron chi connectivity index (χ1n) is 12.8. The van der Waals surface area contributed by atoms with Gasteiger partial charge in [-0.1, -0.05) is 83.9 Å². The Kier molecular flexibility index (Phi) is 7.46. The summed E-state index contributed by atoms with van der Waals surface area (Å²) >= 11 is 0. The second-order valence-electron chi connectivity index (χ2n) is 9.81. The van der Waals surface area contributed by atoms with Gasteiger partial charge in [-0.3, -0.25) is 4.79 Å². The molecule has 0 N–H and O–H groups in total. The van der Waals surface area contributed by atoms with E-state index in [0.717, 1.165) is 22.3 Å². The highest BCUT2D eigenvalue weighted by Crippen LogP contribution is 2.27. The monoisotopic (exact) mass is 539 g/mol. The maximum absolute atomic E-state index is 13.4. The molecule has 0 aromatic heterocycles. The zero-order valence-electron chi connectivity index (χ0n) is 21.8. The largest absolute Gasteiger partial charge is 0.445 e. The third-order valence-electron chi connectivity index (χ3n) is 7.00. The van der Waals surface area contributed by atoms with E-state index in [-0.39, 0.29) is 16.2 Å². The van der Waals surface area contributed by atoms with Gasteiger partial charge in [-0.15, -0.1) is 0 Å². The standard InChI is InChI=1S/C32H29NO5S/c1-22-7-11-25(12-8-22)30(34)31(26-13-9-23(2)10-14-26)38-32(35)27-15-17-29(18-16-27)39(36,37)33-20-19-24-5-3-4-6-28(24)21-33/h3-18,31H,19-21H2,1-2H3/t31-/m0/s1. The number of hydrogen-bond acceptors (Lipinski definition) is 5. The van der Waals surface area contributed by atoms with Gasteiger partial charge in [-0.2, -0.15) is 4.31 Å². The molecule has 4 aromatic rings. The molecule has 1 aliphatic rings. The first-order chi connectivity index (χ1) is 18.7. The van der Waals surface area contributed by atoms with Crippen LogP contribution in [-0.4, -0.2) is 31.0 Å². The lowest BCUT2D eigenvalue weighted by Crippen LogP contribution is -2.35. The second-order valence-corrected chi connectivity index (χ2v) is 11.7. The fourth-order valence-corrected chi connectivity index (χ4v) is 6.06. The lowest BCUT2D eigenvalue weighted by atomic mass is 9.98. The molecule has 0 bridgehead atoms. The van der Waals surface area contributed by atoms with Crippen LogP contribution in [0.4, 0.5) is 0 Å². The maximum Gasteiger partial charge on any atom is 0.339 e. The Labute approximate surface area is 228 Å². The summed E-state index contributed by atoms with van der Waals surface area (Å²) in [4.78, 5) is 26.6. The number of Topliss-reactive ketones (excluding diaryl/α,β-unsaturated/α-hetero) is 1. The summed E-state index contributed by atoms with van der Waals surface area (Å²) in [6, 6.07) is 27.9. The van der Waals surface area contributed by atoms with Gasteiger partial charge in [-0.05, 0) is 55.7 Å². The Bertz CT molecular complexity index is 1610. The first-order valence-corrected chi connectivity index (χ1v) is 14.2. The van der Waals surface area contributed by atoms with E-state index >= 15 is 0 Å². The Morgan fingerprint density at radius 3 is 1.95 bits per heavy atom. The van der Waals surface area contributed by atoms with Crippen molar-refractivity contribution in [2.45, 2.75) is 37.8 Å². The topological polar surface area (TPSA) is 80.8 Å². The van der Waals surface area contributed by atoms with Gasteiger partial charge in [0.25, 0.3) is 0 Å². The van der Waals surface area contributed by atoms with Gasteiger partial charge < -0.3 is 4.74 Å². The fourth-order valence-electron chi connectivity index (χ4n) is 4.65. The van der Waals surface area contributed by atoms with Crippen LogP contribution in [0.25, 0.3) is 0 Å². The van der Waals surface area contributed by atoms with E-state index < -0.39 is 22.1 Å². The molecule has 6 nitrogen and oxygen atoms in total. The third-order valence-corrected chi connectivity index (χ3v) is 8.86. The summed E-state index contributed by atoms with van der Waals surface area (Å²) in [6.07, 6.45) is -0.493. The van der Waals surface area contributed by atoms with Crippen LogP contribution >= 0.6 is 0 Å². The highest BCUT2D eigenvalue weighted by Gasteiger charge is 2.30. The van der Waals surface area contributed by atoms with Crippen LogP contribution < -0.4 is 0 Å². The molecular weight excluding hydrogens is 510 g/mol. The summed E-state index contributed by atoms with van der Waals surface area (Å²) in [5.41, 5.74) is 5.33. The smallest absolute Gasteiger partial charge is 0.339 e. The lowest BCUT2D eigenvalue weighted by Gasteiger charge is -2.28. The predicted molar refractivity (Wildman–Crippen MR) is 149 cm³/mol. The molecule has 198 valence electrons. The zero-order valence-corrected chi connectivity index (χ0v) is 22.6. The van der Waals surface area contributed by atoms with Crippen molar-refractivity contribution in [1.29, 1.82) is 0 Å². The van der Waals surface area contributed by atoms with Crippen molar-refractivity contribution in [1.82, 2.24) is 4.31 Å². The Balaban J connectivity index is 1.36. The molecule has 0 saturated heterocycles. The predicted octanol–water partition coefficient (Wildman–Crippen LogP) is 5.83. The summed E-state index contributed by atoms with van der Waals surface area (Å²) in [6.45, 7) is 4.56. The molecule has 1 heterocycles. The fraction of sp³-hybridized carbons (Fsp3) is 0.188. The number of sulfonamides is 1. The van der Waals surface area contributed by atoms with E-state index in [9.17, 15) is 18.0 Å². The number of carbonyl (C=O) groups excluding carboxylic acids is 2. The summed E-state index contributed by atoms with van der Waals surface area (Å²) < 4.78 is 33.8. The number of ketones is 1. The van der Waals surface area contributed by atoms with Crippen molar-refractivity contribution < 1.29 is 22.7 Å². The van der Waals surface area contributed by atoms with Crippen molar-refractivity contribution >= 4 is 21.8 Å². The van der Waals surface area contributed by atoms with E-state index in [1.165, 1.54) is 28.6 Å². The number of carbonyl (C=O) groups is 2. The molecule has 0 spiro atoms. The SMILES string of the molecule is Cc1ccc(C(=O)[C@@H](OC(=O)c2ccc(S(=O)(=O)N3CCc4ccccc4C3)cc2)c2ccc(C)cc2)cc1. The summed E-state index contributed by atoms with van der Waals surface area (Å²) in [5.74, 6) is -1.05. The van der Waals surface area contributed by atoms with E-state index in [2.05, 4.69) is 0 Å². The van der Waals surface area contributed by atoms with Gasteiger partial charge in [0, 0.05) is 24.2 Å². The molecule has 7 heteroatoms. The van der Waals surface area contributed by atoms with Gasteiger partial charge in [0.15, 0.2) is 6.10 Å². The van der Waals surface area contributed by atoms with E-state index in [0.29, 0.717) is 30.6 Å². The average molecular weight is 540 g/mol. The molecule has 0 radical (unpaired) electrons. The zero-order chi connectivity index (χ0) is 27.6. The number of nitrogens with zero attached hydrogens (tertiary/aromatic N) is 1. The third kappa shape index (κ3) is 5.70. The minimum Gasteiger partial charge on any atom is -0.445 e. The molecule has 5 rings (SSSR count). The molecule has 4 aromatic carbocycles. The van der Waals surface area contributed by atoms with Crippen molar-refractivity contribution in [2.75, 3.05) is 6.54 Å². The highest BCUT2D eigenvalue weighted by molar-refractivity contribution is 7.89. The van der Waals surface area contributed by atoms with Gasteiger partial charge in [0.2, 0.25) is 15.8 Å². The van der Waals surface area contributed by atoms with Crippen LogP contribution in [0.15, 0.2) is 102 Å². The maximum atomic E-state index is 13.4. The molecule has 39 heavy (non-hydrogen) atoms. The second kappa shape index (κ2) is 11.0. The first kappa shape index (κ1) is 26.5. The molecule has 0 fully saturated rings. The lowest BCUT2D eigenvalue weighted by molar-refractivity contribution is 0.0280. The molecule has 0 saturated carbocycles. The number of benzene rings is 4. The molecule has 0 amide bonds. The Morgan fingerprint density at radius 1 is 0.744 bits per heavy atom. The average Bonchev–Trinajstić information content (AvgIpc) is 2.96. The highest BCUT2D eigenvalue weighted by atomic mass is 32.2. The Hall–Kier alpha value is -4.07. The van der Waals surface area contributed by atoms with Gasteiger partial charge in [0.1, 0.15) is 0 Å². The quantitative estimate of drug-likeness (QED) is 0.218. The van der Waals surface area contributed by atoms with Crippen LogP contribution in [-0.2, 0) is 27.7 Å². The van der Waals surface area contributed by atoms with Crippen LogP contribution in [0, 0.1) is 13.8 Å². The number of esters is 1.